The number of Topliss-reactive ketones (excluding diaryl/α,β-unsaturated/α-hetero) is 1. The van der Waals surface area contributed by atoms with E-state index in [4.69, 9.17) is 22.1 Å². The lowest BCUT2D eigenvalue weighted by Crippen LogP contribution is -2.46. The van der Waals surface area contributed by atoms with E-state index >= 15 is 0 Å². The number of halogens is 1. The van der Waals surface area contributed by atoms with Crippen molar-refractivity contribution in [2.24, 2.45) is 5.92 Å². The first-order valence-corrected chi connectivity index (χ1v) is 11.3. The van der Waals surface area contributed by atoms with E-state index < -0.39 is 6.04 Å². The van der Waals surface area contributed by atoms with Crippen molar-refractivity contribution < 1.29 is 18.7 Å². The fraction of sp³-hybridized carbons (Fsp3) is 0.609. The Hall–Kier alpha value is -1.25. The van der Waals surface area contributed by atoms with E-state index in [1.165, 1.54) is 11.6 Å². The van der Waals surface area contributed by atoms with Crippen LogP contribution in [-0.2, 0) is 14.3 Å². The van der Waals surface area contributed by atoms with Crippen LogP contribution in [0.5, 0.6) is 0 Å². The maximum Gasteiger partial charge on any atom is 0.176 e. The van der Waals surface area contributed by atoms with Crippen LogP contribution in [0.4, 0.5) is 4.39 Å². The highest BCUT2D eigenvalue weighted by Gasteiger charge is 2.40. The van der Waals surface area contributed by atoms with Gasteiger partial charge in [-0.3, -0.25) is 14.6 Å². The predicted octanol–water partition coefficient (Wildman–Crippen LogP) is 3.43. The summed E-state index contributed by atoms with van der Waals surface area (Å²) in [4.78, 5) is 17.4. The molecule has 0 N–H and O–H groups in total. The Morgan fingerprint density at radius 2 is 2.07 bits per heavy atom. The Morgan fingerprint density at radius 3 is 2.73 bits per heavy atom. The van der Waals surface area contributed by atoms with Gasteiger partial charge in [0.05, 0.1) is 6.04 Å². The molecule has 0 amide bonds. The number of ketones is 1. The molecule has 2 unspecified atom stereocenters. The van der Waals surface area contributed by atoms with Gasteiger partial charge in [0.1, 0.15) is 5.82 Å². The maximum atomic E-state index is 14.6. The van der Waals surface area contributed by atoms with Crippen LogP contribution >= 0.6 is 12.6 Å². The minimum absolute atomic E-state index is 0.0757. The van der Waals surface area contributed by atoms with E-state index in [2.05, 4.69) is 15.9 Å². The molecule has 1 aromatic rings. The van der Waals surface area contributed by atoms with Crippen LogP contribution in [0.25, 0.3) is 0 Å². The lowest BCUT2D eigenvalue weighted by Gasteiger charge is -2.38. The van der Waals surface area contributed by atoms with E-state index in [0.717, 1.165) is 32.4 Å². The number of likely N-dealkylation sites (N-methyl/N-ethyl adjacent to an activating group) is 1. The van der Waals surface area contributed by atoms with E-state index in [1.807, 2.05) is 20.0 Å². The van der Waals surface area contributed by atoms with Crippen LogP contribution < -0.4 is 0 Å². The van der Waals surface area contributed by atoms with Crippen LogP contribution in [0, 0.1) is 11.7 Å². The standard InChI is InChI=1S/C23H31FN2O3S/c1-15-28-21(29-15)14-25(2)11-9-17-13-26(12-10-20(17)30)22(23(27)16-7-8-16)18-5-3-4-6-19(18)24/h3-6,9,15-16,20-22,30H,7-8,10-14H2,1-2H3/b17-9-. The van der Waals surface area contributed by atoms with Gasteiger partial charge in [-0.05, 0) is 44.9 Å². The third kappa shape index (κ3) is 5.14. The number of carbonyl (C=O) groups excluding carboxylic acids is 1. The molecule has 1 aliphatic carbocycles. The summed E-state index contributed by atoms with van der Waals surface area (Å²) in [6.07, 6.45) is 4.59. The van der Waals surface area contributed by atoms with Crippen molar-refractivity contribution >= 4 is 18.4 Å². The second-order valence-electron chi connectivity index (χ2n) is 8.65. The summed E-state index contributed by atoms with van der Waals surface area (Å²) in [6, 6.07) is 6.18. The fourth-order valence-corrected chi connectivity index (χ4v) is 4.56. The van der Waals surface area contributed by atoms with E-state index in [9.17, 15) is 9.18 Å². The minimum atomic E-state index is -0.515. The molecular formula is C23H31FN2O3S. The van der Waals surface area contributed by atoms with Gasteiger partial charge >= 0.3 is 0 Å². The number of hydrogen-bond donors (Lipinski definition) is 1. The minimum Gasteiger partial charge on any atom is -0.323 e. The summed E-state index contributed by atoms with van der Waals surface area (Å²) in [5.41, 5.74) is 1.68. The number of thiol groups is 1. The van der Waals surface area contributed by atoms with Crippen molar-refractivity contribution in [1.82, 2.24) is 9.80 Å². The van der Waals surface area contributed by atoms with Gasteiger partial charge in [-0.1, -0.05) is 24.3 Å². The Balaban J connectivity index is 1.46. The largest absolute Gasteiger partial charge is 0.323 e. The number of carbonyl (C=O) groups is 1. The summed E-state index contributed by atoms with van der Waals surface area (Å²) >= 11 is 4.77. The lowest BCUT2D eigenvalue weighted by molar-refractivity contribution is -0.377. The highest BCUT2D eigenvalue weighted by molar-refractivity contribution is 7.81. The topological polar surface area (TPSA) is 42.0 Å². The zero-order chi connectivity index (χ0) is 21.3. The van der Waals surface area contributed by atoms with Crippen molar-refractivity contribution in [2.45, 2.75) is 50.1 Å². The van der Waals surface area contributed by atoms with Gasteiger partial charge in [0, 0.05) is 42.9 Å². The first-order valence-electron chi connectivity index (χ1n) is 10.8. The number of benzene rings is 1. The summed E-state index contributed by atoms with van der Waals surface area (Å²) in [5, 5.41) is 0.156. The molecule has 2 aliphatic heterocycles. The molecule has 1 saturated carbocycles. The fourth-order valence-electron chi connectivity index (χ4n) is 4.26. The number of piperidine rings is 1. The molecule has 30 heavy (non-hydrogen) atoms. The third-order valence-corrected chi connectivity index (χ3v) is 6.72. The smallest absolute Gasteiger partial charge is 0.176 e. The van der Waals surface area contributed by atoms with Crippen molar-refractivity contribution in [3.05, 3.63) is 47.3 Å². The van der Waals surface area contributed by atoms with Gasteiger partial charge in [-0.2, -0.15) is 12.6 Å². The molecule has 2 atom stereocenters. The molecule has 0 bridgehead atoms. The predicted molar refractivity (Wildman–Crippen MR) is 117 cm³/mol. The molecule has 3 aliphatic rings. The Morgan fingerprint density at radius 1 is 1.33 bits per heavy atom. The first-order chi connectivity index (χ1) is 14.4. The second kappa shape index (κ2) is 9.49. The highest BCUT2D eigenvalue weighted by atomic mass is 32.1. The Kier molecular flexibility index (Phi) is 6.95. The van der Waals surface area contributed by atoms with Crippen molar-refractivity contribution in [2.75, 3.05) is 33.2 Å². The van der Waals surface area contributed by atoms with E-state index in [-0.39, 0.29) is 35.3 Å². The van der Waals surface area contributed by atoms with Crippen molar-refractivity contribution in [1.29, 1.82) is 0 Å². The molecule has 2 heterocycles. The van der Waals surface area contributed by atoms with Crippen LogP contribution in [0.2, 0.25) is 0 Å². The van der Waals surface area contributed by atoms with Gasteiger partial charge in [0.15, 0.2) is 18.4 Å². The highest BCUT2D eigenvalue weighted by Crippen LogP contribution is 2.39. The van der Waals surface area contributed by atoms with Crippen molar-refractivity contribution in [3.8, 4) is 0 Å². The normalized spacial score (nSPS) is 29.8. The number of hydrogen-bond acceptors (Lipinski definition) is 6. The van der Waals surface area contributed by atoms with Crippen molar-refractivity contribution in [3.63, 3.8) is 0 Å². The van der Waals surface area contributed by atoms with Crippen LogP contribution in [0.1, 0.15) is 37.8 Å². The molecule has 0 radical (unpaired) electrons. The quantitative estimate of drug-likeness (QED) is 0.502. The molecule has 2 saturated heterocycles. The number of ether oxygens (including phenoxy) is 2. The van der Waals surface area contributed by atoms with E-state index in [0.29, 0.717) is 18.7 Å². The summed E-state index contributed by atoms with van der Waals surface area (Å²) in [7, 11) is 2.03. The summed E-state index contributed by atoms with van der Waals surface area (Å²) < 4.78 is 25.6. The van der Waals surface area contributed by atoms with Gasteiger partial charge in [-0.15, -0.1) is 0 Å². The average Bonchev–Trinajstić information content (AvgIpc) is 3.54. The molecule has 4 rings (SSSR count). The van der Waals surface area contributed by atoms with Crippen LogP contribution in [0.15, 0.2) is 35.9 Å². The summed E-state index contributed by atoms with van der Waals surface area (Å²) in [6.45, 7) is 4.70. The average molecular weight is 435 g/mol. The third-order valence-electron chi connectivity index (χ3n) is 6.13. The first kappa shape index (κ1) is 22.0. The van der Waals surface area contributed by atoms with Crippen LogP contribution in [0.3, 0.4) is 0 Å². The second-order valence-corrected chi connectivity index (χ2v) is 9.27. The SMILES string of the molecule is CC1OC(CN(C)C/C=C2/CN(C(C(=O)C3CC3)c3ccccc3F)CCC2S)O1. The van der Waals surface area contributed by atoms with Crippen LogP contribution in [-0.4, -0.2) is 66.6 Å². The molecule has 3 fully saturated rings. The zero-order valence-electron chi connectivity index (χ0n) is 17.7. The molecule has 0 aromatic heterocycles. The van der Waals surface area contributed by atoms with Gasteiger partial charge in [-0.25, -0.2) is 4.39 Å². The van der Waals surface area contributed by atoms with Gasteiger partial charge < -0.3 is 9.47 Å². The molecule has 5 nitrogen and oxygen atoms in total. The molecular weight excluding hydrogens is 403 g/mol. The molecule has 164 valence electrons. The molecule has 1 aromatic carbocycles. The maximum absolute atomic E-state index is 14.6. The molecule has 7 heteroatoms. The number of likely N-dealkylation sites (tertiary alicyclic amines) is 1. The number of rotatable bonds is 8. The number of nitrogens with zero attached hydrogens (tertiary/aromatic N) is 2. The van der Waals surface area contributed by atoms with Gasteiger partial charge in [0.25, 0.3) is 0 Å². The molecule has 0 spiro atoms. The lowest BCUT2D eigenvalue weighted by atomic mass is 9.93. The van der Waals surface area contributed by atoms with Gasteiger partial charge in [0.2, 0.25) is 0 Å². The Bertz CT molecular complexity index is 794. The monoisotopic (exact) mass is 434 g/mol. The van der Waals surface area contributed by atoms with E-state index in [1.54, 1.807) is 12.1 Å². The zero-order valence-corrected chi connectivity index (χ0v) is 18.6. The summed E-state index contributed by atoms with van der Waals surface area (Å²) in [5.74, 6) is -0.0705. The Labute approximate surface area is 183 Å².